The standard InChI is InChI=1S/C9H9ClF2/c1-2-9(11,12)7-3-5-8(10)6-4-7/h3-6H,2H2,1H3. The molecule has 0 radical (unpaired) electrons. The van der Waals surface area contributed by atoms with Crippen LogP contribution in [0.25, 0.3) is 0 Å². The molecule has 0 unspecified atom stereocenters. The fraction of sp³-hybridized carbons (Fsp3) is 0.333. The summed E-state index contributed by atoms with van der Waals surface area (Å²) >= 11 is 5.56. The van der Waals surface area contributed by atoms with Gasteiger partial charge in [0.05, 0.1) is 0 Å². The monoisotopic (exact) mass is 190 g/mol. The molecular formula is C9H9ClF2. The molecule has 0 nitrogen and oxygen atoms in total. The molecule has 0 amide bonds. The van der Waals surface area contributed by atoms with Crippen molar-refractivity contribution in [2.24, 2.45) is 0 Å². The van der Waals surface area contributed by atoms with Gasteiger partial charge in [-0.3, -0.25) is 0 Å². The first-order chi connectivity index (χ1) is 5.56. The lowest BCUT2D eigenvalue weighted by Gasteiger charge is -2.13. The van der Waals surface area contributed by atoms with Crippen LogP contribution >= 0.6 is 11.6 Å². The summed E-state index contributed by atoms with van der Waals surface area (Å²) in [6, 6.07) is 5.65. The van der Waals surface area contributed by atoms with Gasteiger partial charge in [0.1, 0.15) is 0 Å². The average molecular weight is 191 g/mol. The molecule has 0 saturated heterocycles. The lowest BCUT2D eigenvalue weighted by atomic mass is 10.1. The first-order valence-corrected chi connectivity index (χ1v) is 4.08. The van der Waals surface area contributed by atoms with Crippen LogP contribution in [0.1, 0.15) is 18.9 Å². The molecule has 0 saturated carbocycles. The quantitative estimate of drug-likeness (QED) is 0.665. The van der Waals surface area contributed by atoms with Crippen LogP contribution in [-0.4, -0.2) is 0 Å². The number of alkyl halides is 2. The summed E-state index contributed by atoms with van der Waals surface area (Å²) in [4.78, 5) is 0. The Morgan fingerprint density at radius 1 is 1.25 bits per heavy atom. The molecular weight excluding hydrogens is 182 g/mol. The van der Waals surface area contributed by atoms with E-state index in [1.54, 1.807) is 0 Å². The molecule has 0 aliphatic heterocycles. The van der Waals surface area contributed by atoms with Crippen LogP contribution in [0.4, 0.5) is 8.78 Å². The molecule has 0 aliphatic rings. The third-order valence-electron chi connectivity index (χ3n) is 1.71. The van der Waals surface area contributed by atoms with Crippen molar-refractivity contribution in [3.8, 4) is 0 Å². The van der Waals surface area contributed by atoms with E-state index in [-0.39, 0.29) is 12.0 Å². The summed E-state index contributed by atoms with van der Waals surface area (Å²) in [6.45, 7) is 1.45. The Morgan fingerprint density at radius 3 is 2.17 bits per heavy atom. The molecule has 66 valence electrons. The molecule has 12 heavy (non-hydrogen) atoms. The van der Waals surface area contributed by atoms with Crippen molar-refractivity contribution in [1.29, 1.82) is 0 Å². The van der Waals surface area contributed by atoms with E-state index < -0.39 is 5.92 Å². The minimum absolute atomic E-state index is 0.0226. The van der Waals surface area contributed by atoms with Gasteiger partial charge in [0.2, 0.25) is 0 Å². The SMILES string of the molecule is CCC(F)(F)c1ccc(Cl)cc1. The first kappa shape index (κ1) is 9.46. The number of rotatable bonds is 2. The Labute approximate surface area is 75.2 Å². The molecule has 0 heterocycles. The van der Waals surface area contributed by atoms with Gasteiger partial charge in [-0.25, -0.2) is 8.78 Å². The zero-order valence-electron chi connectivity index (χ0n) is 6.65. The smallest absolute Gasteiger partial charge is 0.201 e. The highest BCUT2D eigenvalue weighted by molar-refractivity contribution is 6.30. The highest BCUT2D eigenvalue weighted by Crippen LogP contribution is 2.31. The van der Waals surface area contributed by atoms with Crippen LogP contribution in [0.3, 0.4) is 0 Å². The molecule has 0 atom stereocenters. The second-order valence-electron chi connectivity index (χ2n) is 2.56. The summed E-state index contributed by atoms with van der Waals surface area (Å²) in [5, 5.41) is 0.477. The second-order valence-corrected chi connectivity index (χ2v) is 3.00. The van der Waals surface area contributed by atoms with Gasteiger partial charge in [-0.2, -0.15) is 0 Å². The molecule has 1 aromatic carbocycles. The lowest BCUT2D eigenvalue weighted by molar-refractivity contribution is -0.00827. The predicted molar refractivity (Wildman–Crippen MR) is 45.6 cm³/mol. The summed E-state index contributed by atoms with van der Waals surface area (Å²) in [6.07, 6.45) is -0.186. The highest BCUT2D eigenvalue weighted by Gasteiger charge is 2.28. The maximum Gasteiger partial charge on any atom is 0.273 e. The fourth-order valence-electron chi connectivity index (χ4n) is 0.898. The first-order valence-electron chi connectivity index (χ1n) is 3.70. The minimum Gasteiger partial charge on any atom is -0.201 e. The summed E-state index contributed by atoms with van der Waals surface area (Å²) in [5.41, 5.74) is 0.0226. The maximum atomic E-state index is 13.0. The van der Waals surface area contributed by atoms with Gasteiger partial charge >= 0.3 is 0 Å². The number of hydrogen-bond donors (Lipinski definition) is 0. The summed E-state index contributed by atoms with van der Waals surface area (Å²) in [5.74, 6) is -2.73. The van der Waals surface area contributed by atoms with Crippen molar-refractivity contribution in [3.63, 3.8) is 0 Å². The number of halogens is 3. The predicted octanol–water partition coefficient (Wildman–Crippen LogP) is 3.84. The van der Waals surface area contributed by atoms with Crippen molar-refractivity contribution in [2.75, 3.05) is 0 Å². The molecule has 0 spiro atoms. The number of benzene rings is 1. The maximum absolute atomic E-state index is 13.0. The van der Waals surface area contributed by atoms with Crippen molar-refractivity contribution in [1.82, 2.24) is 0 Å². The van der Waals surface area contributed by atoms with Crippen LogP contribution < -0.4 is 0 Å². The van der Waals surface area contributed by atoms with Crippen LogP contribution in [0.2, 0.25) is 5.02 Å². The third-order valence-corrected chi connectivity index (χ3v) is 1.96. The van der Waals surface area contributed by atoms with E-state index in [1.807, 2.05) is 0 Å². The highest BCUT2D eigenvalue weighted by atomic mass is 35.5. The molecule has 1 aromatic rings. The van der Waals surface area contributed by atoms with Crippen molar-refractivity contribution in [3.05, 3.63) is 34.9 Å². The molecule has 0 aliphatic carbocycles. The van der Waals surface area contributed by atoms with Gasteiger partial charge in [0.25, 0.3) is 5.92 Å². The Hall–Kier alpha value is -0.630. The largest absolute Gasteiger partial charge is 0.273 e. The molecule has 0 bridgehead atoms. The topological polar surface area (TPSA) is 0 Å². The number of hydrogen-bond acceptors (Lipinski definition) is 0. The van der Waals surface area contributed by atoms with E-state index >= 15 is 0 Å². The van der Waals surface area contributed by atoms with Gasteiger partial charge in [0, 0.05) is 17.0 Å². The normalized spacial score (nSPS) is 11.7. The van der Waals surface area contributed by atoms with Crippen molar-refractivity contribution >= 4 is 11.6 Å². The van der Waals surface area contributed by atoms with Gasteiger partial charge in [-0.15, -0.1) is 0 Å². The van der Waals surface area contributed by atoms with E-state index in [1.165, 1.54) is 31.2 Å². The van der Waals surface area contributed by atoms with E-state index in [9.17, 15) is 8.78 Å². The fourth-order valence-corrected chi connectivity index (χ4v) is 1.02. The van der Waals surface area contributed by atoms with Gasteiger partial charge < -0.3 is 0 Å². The Kier molecular flexibility index (Phi) is 2.68. The van der Waals surface area contributed by atoms with Crippen LogP contribution in [-0.2, 0) is 5.92 Å². The van der Waals surface area contributed by atoms with E-state index in [0.29, 0.717) is 5.02 Å². The molecule has 1 rings (SSSR count). The van der Waals surface area contributed by atoms with Crippen molar-refractivity contribution in [2.45, 2.75) is 19.3 Å². The zero-order chi connectivity index (χ0) is 9.19. The van der Waals surface area contributed by atoms with Crippen LogP contribution in [0.5, 0.6) is 0 Å². The second kappa shape index (κ2) is 3.40. The Balaban J connectivity index is 2.96. The summed E-state index contributed by atoms with van der Waals surface area (Å²) in [7, 11) is 0. The molecule has 3 heteroatoms. The third kappa shape index (κ3) is 1.95. The van der Waals surface area contributed by atoms with E-state index in [0.717, 1.165) is 0 Å². The molecule has 0 fully saturated rings. The average Bonchev–Trinajstić information content (AvgIpc) is 2.05. The van der Waals surface area contributed by atoms with Crippen LogP contribution in [0, 0.1) is 0 Å². The van der Waals surface area contributed by atoms with Gasteiger partial charge in [-0.05, 0) is 12.1 Å². The molecule has 0 aromatic heterocycles. The van der Waals surface area contributed by atoms with Crippen LogP contribution in [0.15, 0.2) is 24.3 Å². The van der Waals surface area contributed by atoms with Gasteiger partial charge in [0.15, 0.2) is 0 Å². The zero-order valence-corrected chi connectivity index (χ0v) is 7.41. The van der Waals surface area contributed by atoms with Crippen molar-refractivity contribution < 1.29 is 8.78 Å². The van der Waals surface area contributed by atoms with E-state index in [4.69, 9.17) is 11.6 Å². The summed E-state index contributed by atoms with van der Waals surface area (Å²) < 4.78 is 25.9. The Bertz CT molecular complexity index is 254. The Morgan fingerprint density at radius 2 is 1.75 bits per heavy atom. The lowest BCUT2D eigenvalue weighted by Crippen LogP contribution is -2.10. The van der Waals surface area contributed by atoms with Gasteiger partial charge in [-0.1, -0.05) is 30.7 Å². The van der Waals surface area contributed by atoms with E-state index in [2.05, 4.69) is 0 Å². The minimum atomic E-state index is -2.73. The molecule has 0 N–H and O–H groups in total.